The third-order valence-corrected chi connectivity index (χ3v) is 4.07. The Morgan fingerprint density at radius 2 is 1.81 bits per heavy atom. The second kappa shape index (κ2) is 7.84. The summed E-state index contributed by atoms with van der Waals surface area (Å²) in [5.74, 6) is -0.330. The zero-order valence-corrected chi connectivity index (χ0v) is 15.1. The Kier molecular flexibility index (Phi) is 6.74. The second-order valence-corrected chi connectivity index (χ2v) is 8.06. The first-order valence-corrected chi connectivity index (χ1v) is 8.35. The van der Waals surface area contributed by atoms with Crippen LogP contribution in [0.4, 0.5) is 0 Å². The monoisotopic (exact) mass is 372 g/mol. The number of amides is 2. The van der Waals surface area contributed by atoms with E-state index in [9.17, 15) is 9.59 Å². The second-order valence-electron chi connectivity index (χ2n) is 5.73. The zero-order valence-electron chi connectivity index (χ0n) is 12.7. The SMILES string of the molecule is CC(Sc1ccc(Br)cc1)C(=O)NCC(=O)NC(C)(C)C. The zero-order chi connectivity index (χ0) is 16.0. The molecule has 2 N–H and O–H groups in total. The molecular weight excluding hydrogens is 352 g/mol. The standard InChI is InChI=1S/C15H21BrN2O2S/c1-10(21-12-7-5-11(16)6-8-12)14(20)17-9-13(19)18-15(2,3)4/h5-8,10H,9H2,1-4H3,(H,17,20)(H,18,19). The number of rotatable bonds is 5. The number of benzene rings is 1. The molecule has 0 aromatic heterocycles. The molecule has 116 valence electrons. The number of hydrogen-bond donors (Lipinski definition) is 2. The lowest BCUT2D eigenvalue weighted by Gasteiger charge is -2.21. The summed E-state index contributed by atoms with van der Waals surface area (Å²) in [4.78, 5) is 24.6. The fourth-order valence-corrected chi connectivity index (χ4v) is 2.70. The van der Waals surface area contributed by atoms with E-state index in [2.05, 4.69) is 26.6 Å². The van der Waals surface area contributed by atoms with Gasteiger partial charge in [0.2, 0.25) is 11.8 Å². The van der Waals surface area contributed by atoms with Gasteiger partial charge in [-0.1, -0.05) is 15.9 Å². The highest BCUT2D eigenvalue weighted by atomic mass is 79.9. The van der Waals surface area contributed by atoms with E-state index in [1.807, 2.05) is 52.0 Å². The van der Waals surface area contributed by atoms with E-state index >= 15 is 0 Å². The lowest BCUT2D eigenvalue weighted by molar-refractivity contribution is -0.126. The number of hydrogen-bond acceptors (Lipinski definition) is 3. The Balaban J connectivity index is 2.41. The van der Waals surface area contributed by atoms with Crippen molar-refractivity contribution in [3.05, 3.63) is 28.7 Å². The summed E-state index contributed by atoms with van der Waals surface area (Å²) in [5, 5.41) is 5.20. The van der Waals surface area contributed by atoms with E-state index in [0.717, 1.165) is 9.37 Å². The number of carbonyl (C=O) groups is 2. The lowest BCUT2D eigenvalue weighted by Crippen LogP contribution is -2.46. The van der Waals surface area contributed by atoms with Gasteiger partial charge < -0.3 is 10.6 Å². The molecular formula is C15H21BrN2O2S. The third-order valence-electron chi connectivity index (χ3n) is 2.43. The highest BCUT2D eigenvalue weighted by Gasteiger charge is 2.17. The minimum atomic E-state index is -0.292. The molecule has 0 aliphatic heterocycles. The smallest absolute Gasteiger partial charge is 0.239 e. The van der Waals surface area contributed by atoms with Crippen LogP contribution in [0, 0.1) is 0 Å². The van der Waals surface area contributed by atoms with Crippen LogP contribution >= 0.6 is 27.7 Å². The van der Waals surface area contributed by atoms with Gasteiger partial charge in [-0.2, -0.15) is 0 Å². The molecule has 1 aromatic carbocycles. The van der Waals surface area contributed by atoms with E-state index in [1.165, 1.54) is 11.8 Å². The molecule has 2 amide bonds. The molecule has 1 unspecified atom stereocenters. The van der Waals surface area contributed by atoms with Crippen LogP contribution in [0.2, 0.25) is 0 Å². The quantitative estimate of drug-likeness (QED) is 0.781. The van der Waals surface area contributed by atoms with E-state index < -0.39 is 0 Å². The first-order chi connectivity index (χ1) is 9.67. The predicted molar refractivity (Wildman–Crippen MR) is 90.4 cm³/mol. The number of carbonyl (C=O) groups excluding carboxylic acids is 2. The van der Waals surface area contributed by atoms with Crippen molar-refractivity contribution in [3.8, 4) is 0 Å². The summed E-state index contributed by atoms with van der Waals surface area (Å²) in [6, 6.07) is 7.77. The average molecular weight is 373 g/mol. The van der Waals surface area contributed by atoms with Crippen molar-refractivity contribution in [2.45, 2.75) is 43.4 Å². The molecule has 6 heteroatoms. The maximum absolute atomic E-state index is 12.0. The fourth-order valence-electron chi connectivity index (χ4n) is 1.54. The summed E-state index contributed by atoms with van der Waals surface area (Å²) >= 11 is 4.83. The molecule has 0 saturated carbocycles. The Morgan fingerprint density at radius 3 is 2.33 bits per heavy atom. The van der Waals surface area contributed by atoms with Gasteiger partial charge in [-0.3, -0.25) is 9.59 Å². The molecule has 4 nitrogen and oxygen atoms in total. The Morgan fingerprint density at radius 1 is 1.24 bits per heavy atom. The highest BCUT2D eigenvalue weighted by Crippen LogP contribution is 2.24. The van der Waals surface area contributed by atoms with Gasteiger partial charge in [0.1, 0.15) is 0 Å². The number of halogens is 1. The van der Waals surface area contributed by atoms with E-state index in [1.54, 1.807) is 0 Å². The average Bonchev–Trinajstić information content (AvgIpc) is 2.36. The molecule has 0 radical (unpaired) electrons. The molecule has 0 fully saturated rings. The molecule has 0 aliphatic carbocycles. The molecule has 1 atom stereocenters. The molecule has 0 saturated heterocycles. The van der Waals surface area contributed by atoms with Crippen LogP contribution < -0.4 is 10.6 Å². The van der Waals surface area contributed by atoms with Gasteiger partial charge >= 0.3 is 0 Å². The van der Waals surface area contributed by atoms with Crippen molar-refractivity contribution in [1.29, 1.82) is 0 Å². The third kappa shape index (κ3) is 7.52. The van der Waals surface area contributed by atoms with Crippen molar-refractivity contribution in [2.24, 2.45) is 0 Å². The summed E-state index contributed by atoms with van der Waals surface area (Å²) in [7, 11) is 0. The van der Waals surface area contributed by atoms with E-state index in [0.29, 0.717) is 0 Å². The normalized spacial score (nSPS) is 12.6. The molecule has 0 bridgehead atoms. The Labute approximate surface area is 138 Å². The highest BCUT2D eigenvalue weighted by molar-refractivity contribution is 9.10. The minimum Gasteiger partial charge on any atom is -0.350 e. The molecule has 21 heavy (non-hydrogen) atoms. The van der Waals surface area contributed by atoms with Crippen LogP contribution in [0.5, 0.6) is 0 Å². The molecule has 1 rings (SSSR count). The van der Waals surface area contributed by atoms with Gasteiger partial charge in [-0.25, -0.2) is 0 Å². The van der Waals surface area contributed by atoms with Crippen LogP contribution in [0.25, 0.3) is 0 Å². The number of thioether (sulfide) groups is 1. The predicted octanol–water partition coefficient (Wildman–Crippen LogP) is 2.96. The van der Waals surface area contributed by atoms with Crippen molar-refractivity contribution in [3.63, 3.8) is 0 Å². The largest absolute Gasteiger partial charge is 0.350 e. The van der Waals surface area contributed by atoms with Gasteiger partial charge in [0, 0.05) is 14.9 Å². The van der Waals surface area contributed by atoms with Crippen molar-refractivity contribution in [2.75, 3.05) is 6.54 Å². The van der Waals surface area contributed by atoms with Gasteiger partial charge in [0.05, 0.1) is 11.8 Å². The lowest BCUT2D eigenvalue weighted by atomic mass is 10.1. The minimum absolute atomic E-state index is 0.00133. The van der Waals surface area contributed by atoms with Crippen molar-refractivity contribution in [1.82, 2.24) is 10.6 Å². The van der Waals surface area contributed by atoms with Gasteiger partial charge in [-0.05, 0) is 52.0 Å². The van der Waals surface area contributed by atoms with Crippen molar-refractivity contribution >= 4 is 39.5 Å². The van der Waals surface area contributed by atoms with Gasteiger partial charge in [0.25, 0.3) is 0 Å². The fraction of sp³-hybridized carbons (Fsp3) is 0.467. The van der Waals surface area contributed by atoms with Crippen LogP contribution in [0.15, 0.2) is 33.6 Å². The van der Waals surface area contributed by atoms with Crippen molar-refractivity contribution < 1.29 is 9.59 Å². The van der Waals surface area contributed by atoms with Crippen LogP contribution in [0.1, 0.15) is 27.7 Å². The summed E-state index contributed by atoms with van der Waals surface area (Å²) in [6.45, 7) is 7.53. The van der Waals surface area contributed by atoms with Crippen LogP contribution in [0.3, 0.4) is 0 Å². The first-order valence-electron chi connectivity index (χ1n) is 6.68. The van der Waals surface area contributed by atoms with Crippen LogP contribution in [-0.4, -0.2) is 29.1 Å². The van der Waals surface area contributed by atoms with Crippen LogP contribution in [-0.2, 0) is 9.59 Å². The summed E-state index contributed by atoms with van der Waals surface area (Å²) < 4.78 is 1.00. The van der Waals surface area contributed by atoms with Gasteiger partial charge in [0.15, 0.2) is 0 Å². The Bertz CT molecular complexity index is 497. The molecule has 0 heterocycles. The summed E-state index contributed by atoms with van der Waals surface area (Å²) in [6.07, 6.45) is 0. The molecule has 0 aliphatic rings. The maximum atomic E-state index is 12.0. The molecule has 1 aromatic rings. The maximum Gasteiger partial charge on any atom is 0.239 e. The topological polar surface area (TPSA) is 58.2 Å². The van der Waals surface area contributed by atoms with E-state index in [4.69, 9.17) is 0 Å². The first kappa shape index (κ1) is 18.0. The molecule has 0 spiro atoms. The van der Waals surface area contributed by atoms with E-state index in [-0.39, 0.29) is 29.1 Å². The van der Waals surface area contributed by atoms with Gasteiger partial charge in [-0.15, -0.1) is 11.8 Å². The summed E-state index contributed by atoms with van der Waals surface area (Å²) in [5.41, 5.74) is -0.292. The Hall–Kier alpha value is -1.01. The number of nitrogens with one attached hydrogen (secondary N) is 2.